The molecule has 0 bridgehead atoms. The van der Waals surface area contributed by atoms with Crippen molar-refractivity contribution < 1.29 is 13.2 Å². The third kappa shape index (κ3) is 3.34. The smallest absolute Gasteiger partial charge is 0.271 e. The number of anilines is 2. The van der Waals surface area contributed by atoms with Gasteiger partial charge >= 0.3 is 0 Å². The Morgan fingerprint density at radius 1 is 1.39 bits per heavy atom. The summed E-state index contributed by atoms with van der Waals surface area (Å²) in [5, 5.41) is 5.10. The van der Waals surface area contributed by atoms with Crippen molar-refractivity contribution in [1.29, 1.82) is 0 Å². The van der Waals surface area contributed by atoms with Crippen LogP contribution >= 0.6 is 23.6 Å². The number of ether oxygens (including phenoxy) is 1. The van der Waals surface area contributed by atoms with Gasteiger partial charge in [-0.15, -0.1) is 11.3 Å². The van der Waals surface area contributed by atoms with Gasteiger partial charge in [0.25, 0.3) is 15.2 Å². The van der Waals surface area contributed by atoms with E-state index >= 15 is 0 Å². The van der Waals surface area contributed by atoms with Crippen molar-refractivity contribution >= 4 is 50.1 Å². The molecular weight excluding hydrogens is 352 g/mol. The minimum atomic E-state index is -3.59. The maximum atomic E-state index is 12.5. The zero-order chi connectivity index (χ0) is 16.6. The summed E-state index contributed by atoms with van der Waals surface area (Å²) < 4.78 is 33.5. The molecule has 0 saturated heterocycles. The molecule has 1 atom stereocenters. The number of fused-ring (bicyclic) bond motifs is 1. The Morgan fingerprint density at radius 3 is 2.87 bits per heavy atom. The Kier molecular flexibility index (Phi) is 4.31. The van der Waals surface area contributed by atoms with Crippen LogP contribution in [0.3, 0.4) is 0 Å². The zero-order valence-electron chi connectivity index (χ0n) is 12.6. The number of thiophene rings is 1. The van der Waals surface area contributed by atoms with E-state index < -0.39 is 10.0 Å². The fraction of sp³-hybridized carbons (Fsp3) is 0.267. The lowest BCUT2D eigenvalue weighted by molar-refractivity contribution is 0.217. The zero-order valence-corrected chi connectivity index (χ0v) is 15.1. The van der Waals surface area contributed by atoms with E-state index in [-0.39, 0.29) is 10.3 Å². The third-order valence-electron chi connectivity index (χ3n) is 3.55. The average Bonchev–Trinajstić information content (AvgIpc) is 2.95. The van der Waals surface area contributed by atoms with E-state index in [2.05, 4.69) is 10.0 Å². The fourth-order valence-electron chi connectivity index (χ4n) is 2.50. The highest BCUT2D eigenvalue weighted by Crippen LogP contribution is 2.33. The third-order valence-corrected chi connectivity index (χ3v) is 6.51. The number of benzene rings is 1. The molecule has 0 spiro atoms. The number of hydrogen-bond acceptors (Lipinski definition) is 5. The first-order valence-corrected chi connectivity index (χ1v) is 9.80. The molecule has 1 aromatic heterocycles. The molecule has 2 N–H and O–H groups in total. The van der Waals surface area contributed by atoms with Crippen LogP contribution in [0.5, 0.6) is 0 Å². The standard InChI is InChI=1S/C15H16N2O3S3/c1-9-5-6-12(17-23(18,19)13-4-3-7-22-13)11-8-10(2)20-15(21)16-14(9)11/h3-7,10,17H,8H2,1-2H3,(H,16,21). The average molecular weight is 369 g/mol. The monoisotopic (exact) mass is 368 g/mol. The Bertz CT molecular complexity index is 845. The summed E-state index contributed by atoms with van der Waals surface area (Å²) >= 11 is 6.34. The van der Waals surface area contributed by atoms with Gasteiger partial charge in [-0.25, -0.2) is 8.42 Å². The van der Waals surface area contributed by atoms with Gasteiger partial charge in [-0.1, -0.05) is 12.1 Å². The Morgan fingerprint density at radius 2 is 2.17 bits per heavy atom. The number of hydrogen-bond donors (Lipinski definition) is 2. The number of rotatable bonds is 3. The van der Waals surface area contributed by atoms with E-state index in [1.54, 1.807) is 23.6 Å². The van der Waals surface area contributed by atoms with E-state index in [1.807, 2.05) is 19.9 Å². The second-order valence-corrected chi connectivity index (χ2v) is 8.59. The van der Waals surface area contributed by atoms with Gasteiger partial charge in [0.1, 0.15) is 10.3 Å². The first-order chi connectivity index (χ1) is 10.9. The van der Waals surface area contributed by atoms with E-state index in [9.17, 15) is 8.42 Å². The lowest BCUT2D eigenvalue weighted by atomic mass is 10.0. The van der Waals surface area contributed by atoms with Crippen molar-refractivity contribution in [3.63, 3.8) is 0 Å². The number of aryl methyl sites for hydroxylation is 1. The number of nitrogens with one attached hydrogen (secondary N) is 2. The van der Waals surface area contributed by atoms with E-state index in [1.165, 1.54) is 11.3 Å². The molecule has 0 amide bonds. The second kappa shape index (κ2) is 6.10. The second-order valence-electron chi connectivity index (χ2n) is 5.37. The van der Waals surface area contributed by atoms with Crippen LogP contribution in [0, 0.1) is 6.92 Å². The Balaban J connectivity index is 2.05. The highest BCUT2D eigenvalue weighted by atomic mass is 32.2. The molecular formula is C15H16N2O3S3. The summed E-state index contributed by atoms with van der Waals surface area (Å²) in [5.41, 5.74) is 3.20. The van der Waals surface area contributed by atoms with E-state index in [0.717, 1.165) is 16.8 Å². The van der Waals surface area contributed by atoms with Crippen molar-refractivity contribution in [1.82, 2.24) is 0 Å². The summed E-state index contributed by atoms with van der Waals surface area (Å²) in [4.78, 5) is 0. The molecule has 0 saturated carbocycles. The molecule has 122 valence electrons. The van der Waals surface area contributed by atoms with Crippen molar-refractivity contribution in [3.8, 4) is 0 Å². The van der Waals surface area contributed by atoms with E-state index in [0.29, 0.717) is 17.3 Å². The van der Waals surface area contributed by atoms with Gasteiger partial charge in [0.2, 0.25) is 0 Å². The molecule has 3 rings (SSSR count). The first kappa shape index (κ1) is 16.2. The van der Waals surface area contributed by atoms with Crippen LogP contribution in [0.2, 0.25) is 0 Å². The lowest BCUT2D eigenvalue weighted by Crippen LogP contribution is -2.17. The minimum Gasteiger partial charge on any atom is -0.467 e. The fourth-order valence-corrected chi connectivity index (χ4v) is 4.85. The predicted molar refractivity (Wildman–Crippen MR) is 96.8 cm³/mol. The van der Waals surface area contributed by atoms with Gasteiger partial charge in [0, 0.05) is 17.7 Å². The maximum Gasteiger partial charge on any atom is 0.271 e. The van der Waals surface area contributed by atoms with Crippen LogP contribution in [0.4, 0.5) is 11.4 Å². The number of sulfonamides is 1. The minimum absolute atomic E-state index is 0.136. The van der Waals surface area contributed by atoms with Crippen LogP contribution in [0.25, 0.3) is 0 Å². The van der Waals surface area contributed by atoms with Gasteiger partial charge in [-0.2, -0.15) is 0 Å². The molecule has 8 heteroatoms. The molecule has 0 radical (unpaired) electrons. The predicted octanol–water partition coefficient (Wildman–Crippen LogP) is 3.52. The lowest BCUT2D eigenvalue weighted by Gasteiger charge is -2.16. The molecule has 2 heterocycles. The van der Waals surface area contributed by atoms with Crippen LogP contribution in [0.15, 0.2) is 33.9 Å². The SMILES string of the molecule is Cc1ccc(NS(=O)(=O)c2cccs2)c2c1NC(=S)OC(C)C2. The largest absolute Gasteiger partial charge is 0.467 e. The molecule has 1 aromatic carbocycles. The normalized spacial score (nSPS) is 17.7. The summed E-state index contributed by atoms with van der Waals surface area (Å²) in [6.07, 6.45) is 0.426. The van der Waals surface area contributed by atoms with Gasteiger partial charge < -0.3 is 10.1 Å². The van der Waals surface area contributed by atoms with Crippen LogP contribution in [-0.4, -0.2) is 19.7 Å². The van der Waals surface area contributed by atoms with Crippen molar-refractivity contribution in [2.75, 3.05) is 10.0 Å². The van der Waals surface area contributed by atoms with Crippen LogP contribution in [-0.2, 0) is 21.2 Å². The van der Waals surface area contributed by atoms with Crippen molar-refractivity contribution in [2.45, 2.75) is 30.6 Å². The van der Waals surface area contributed by atoms with E-state index in [4.69, 9.17) is 17.0 Å². The topological polar surface area (TPSA) is 67.4 Å². The Hall–Kier alpha value is -1.64. The summed E-state index contributed by atoms with van der Waals surface area (Å²) in [6, 6.07) is 6.93. The quantitative estimate of drug-likeness (QED) is 0.812. The van der Waals surface area contributed by atoms with Crippen LogP contribution in [0.1, 0.15) is 18.1 Å². The highest BCUT2D eigenvalue weighted by Gasteiger charge is 2.24. The maximum absolute atomic E-state index is 12.5. The molecule has 1 aliphatic heterocycles. The summed E-state index contributed by atoms with van der Waals surface area (Å²) in [5.74, 6) is 0. The summed E-state index contributed by atoms with van der Waals surface area (Å²) in [6.45, 7) is 3.85. The van der Waals surface area contributed by atoms with Gasteiger partial charge in [-0.3, -0.25) is 4.72 Å². The molecule has 0 aliphatic carbocycles. The van der Waals surface area contributed by atoms with Crippen LogP contribution < -0.4 is 10.0 Å². The molecule has 23 heavy (non-hydrogen) atoms. The molecule has 2 aromatic rings. The molecule has 1 unspecified atom stereocenters. The highest BCUT2D eigenvalue weighted by molar-refractivity contribution is 7.94. The van der Waals surface area contributed by atoms with Gasteiger partial charge in [0.05, 0.1) is 5.69 Å². The summed E-state index contributed by atoms with van der Waals surface area (Å²) in [7, 11) is -3.59. The molecule has 1 aliphatic rings. The van der Waals surface area contributed by atoms with Gasteiger partial charge in [-0.05, 0) is 49.1 Å². The van der Waals surface area contributed by atoms with Gasteiger partial charge in [0.15, 0.2) is 0 Å². The number of thiocarbonyl (C=S) groups is 1. The molecule has 5 nitrogen and oxygen atoms in total. The Labute approximate surface area is 144 Å². The molecule has 0 fully saturated rings. The van der Waals surface area contributed by atoms with Crippen molar-refractivity contribution in [3.05, 3.63) is 40.8 Å². The van der Waals surface area contributed by atoms with Crippen molar-refractivity contribution in [2.24, 2.45) is 0 Å². The first-order valence-electron chi connectivity index (χ1n) is 7.03.